The van der Waals surface area contributed by atoms with Crippen molar-refractivity contribution in [3.8, 4) is 0 Å². The average Bonchev–Trinajstić information content (AvgIpc) is 2.80. The molecule has 1 aliphatic rings. The lowest BCUT2D eigenvalue weighted by Gasteiger charge is -2.37. The Kier molecular flexibility index (Phi) is 5.27. The molecule has 1 fully saturated rings. The summed E-state index contributed by atoms with van der Waals surface area (Å²) in [5, 5.41) is -0.840. The molecule has 1 unspecified atom stereocenters. The Morgan fingerprint density at radius 2 is 1.95 bits per heavy atom. The Morgan fingerprint density at radius 3 is 2.43 bits per heavy atom. The number of nitrogens with zero attached hydrogens (tertiary/aromatic N) is 1. The largest absolute Gasteiger partial charge is 0.443 e. The van der Waals surface area contributed by atoms with Crippen LogP contribution in [0.15, 0.2) is 6.20 Å². The Morgan fingerprint density at radius 1 is 1.33 bits per heavy atom. The number of thiazole rings is 1. The fraction of sp³-hybridized carbons (Fsp3) is 0.786. The zero-order valence-corrected chi connectivity index (χ0v) is 12.9. The maximum atomic E-state index is 12.7. The molecule has 1 aromatic rings. The van der Waals surface area contributed by atoms with E-state index in [-0.39, 0.29) is 0 Å². The van der Waals surface area contributed by atoms with Crippen LogP contribution in [0.25, 0.3) is 0 Å². The van der Waals surface area contributed by atoms with Crippen LogP contribution < -0.4 is 5.73 Å². The van der Waals surface area contributed by atoms with Gasteiger partial charge in [0.2, 0.25) is 0 Å². The van der Waals surface area contributed by atoms with Crippen molar-refractivity contribution in [2.45, 2.75) is 63.3 Å². The maximum absolute atomic E-state index is 12.7. The third-order valence-electron chi connectivity index (χ3n) is 4.02. The summed E-state index contributed by atoms with van der Waals surface area (Å²) >= 11 is 0.632. The van der Waals surface area contributed by atoms with E-state index in [0.717, 1.165) is 38.5 Å². The van der Waals surface area contributed by atoms with Gasteiger partial charge in [0.25, 0.3) is 0 Å². The molecule has 2 rings (SSSR count). The first kappa shape index (κ1) is 16.7. The van der Waals surface area contributed by atoms with Crippen LogP contribution in [0.1, 0.15) is 61.4 Å². The Hall–Kier alpha value is -0.660. The summed E-state index contributed by atoms with van der Waals surface area (Å²) in [7, 11) is 0. The van der Waals surface area contributed by atoms with Gasteiger partial charge in [0.05, 0.1) is 11.6 Å². The van der Waals surface area contributed by atoms with Gasteiger partial charge in [-0.15, -0.1) is 11.3 Å². The van der Waals surface area contributed by atoms with Crippen LogP contribution >= 0.6 is 11.3 Å². The van der Waals surface area contributed by atoms with Gasteiger partial charge in [-0.05, 0) is 19.8 Å². The summed E-state index contributed by atoms with van der Waals surface area (Å²) in [5.74, 6) is 0. The van der Waals surface area contributed by atoms with Gasteiger partial charge in [-0.1, -0.05) is 25.7 Å². The van der Waals surface area contributed by atoms with Crippen molar-refractivity contribution in [1.82, 2.24) is 4.98 Å². The molecule has 1 aliphatic carbocycles. The van der Waals surface area contributed by atoms with Crippen molar-refractivity contribution in [3.63, 3.8) is 0 Å². The van der Waals surface area contributed by atoms with Crippen LogP contribution in [0, 0.1) is 0 Å². The second-order valence-electron chi connectivity index (χ2n) is 5.46. The molecule has 1 aromatic heterocycles. The fourth-order valence-corrected chi connectivity index (χ4v) is 3.87. The van der Waals surface area contributed by atoms with Crippen molar-refractivity contribution in [2.75, 3.05) is 6.61 Å². The molecule has 2 N–H and O–H groups in total. The van der Waals surface area contributed by atoms with Crippen molar-refractivity contribution in [1.29, 1.82) is 0 Å². The zero-order valence-electron chi connectivity index (χ0n) is 12.1. The molecule has 120 valence electrons. The lowest BCUT2D eigenvalue weighted by molar-refractivity contribution is -0.137. The van der Waals surface area contributed by atoms with E-state index in [2.05, 4.69) is 4.98 Å². The molecule has 21 heavy (non-hydrogen) atoms. The Bertz CT molecular complexity index is 453. The summed E-state index contributed by atoms with van der Waals surface area (Å²) < 4.78 is 44.0. The van der Waals surface area contributed by atoms with Gasteiger partial charge in [0, 0.05) is 17.7 Å². The fourth-order valence-electron chi connectivity index (χ4n) is 2.98. The van der Waals surface area contributed by atoms with Gasteiger partial charge in [-0.2, -0.15) is 13.2 Å². The monoisotopic (exact) mass is 322 g/mol. The number of rotatable bonds is 4. The first-order valence-electron chi connectivity index (χ1n) is 7.31. The third-order valence-corrected chi connectivity index (χ3v) is 5.15. The topological polar surface area (TPSA) is 48.1 Å². The van der Waals surface area contributed by atoms with Crippen molar-refractivity contribution in [2.24, 2.45) is 5.73 Å². The van der Waals surface area contributed by atoms with Crippen LogP contribution in [0.5, 0.6) is 0 Å². The standard InChI is InChI=1S/C14H21F3N2OS/c1-2-20-13(7-5-3-4-6-8-13)11(18)10-9-19-12(21-10)14(15,16)17/h9,11H,2-8,18H2,1H3. The summed E-state index contributed by atoms with van der Waals surface area (Å²) in [6.45, 7) is 2.41. The van der Waals surface area contributed by atoms with E-state index in [0.29, 0.717) is 22.8 Å². The van der Waals surface area contributed by atoms with E-state index in [4.69, 9.17) is 10.5 Å². The molecule has 0 aliphatic heterocycles. The number of hydrogen-bond acceptors (Lipinski definition) is 4. The van der Waals surface area contributed by atoms with Gasteiger partial charge in [0.1, 0.15) is 0 Å². The van der Waals surface area contributed by atoms with Gasteiger partial charge in [-0.25, -0.2) is 4.98 Å². The van der Waals surface area contributed by atoms with Crippen molar-refractivity contribution >= 4 is 11.3 Å². The minimum absolute atomic E-state index is 0.456. The van der Waals surface area contributed by atoms with Crippen LogP contribution in [-0.4, -0.2) is 17.2 Å². The molecule has 0 aromatic carbocycles. The quantitative estimate of drug-likeness (QED) is 0.841. The van der Waals surface area contributed by atoms with E-state index in [1.54, 1.807) is 0 Å². The van der Waals surface area contributed by atoms with Gasteiger partial charge in [-0.3, -0.25) is 0 Å². The second-order valence-corrected chi connectivity index (χ2v) is 6.52. The van der Waals surface area contributed by atoms with Crippen molar-refractivity contribution < 1.29 is 17.9 Å². The molecule has 0 bridgehead atoms. The molecule has 0 saturated heterocycles. The lowest BCUT2D eigenvalue weighted by atomic mass is 9.86. The van der Waals surface area contributed by atoms with E-state index >= 15 is 0 Å². The predicted molar refractivity (Wildman–Crippen MR) is 76.1 cm³/mol. The summed E-state index contributed by atoms with van der Waals surface area (Å²) in [4.78, 5) is 3.93. The Labute approximate surface area is 126 Å². The molecule has 3 nitrogen and oxygen atoms in total. The van der Waals surface area contributed by atoms with E-state index in [1.165, 1.54) is 6.20 Å². The highest BCUT2D eigenvalue weighted by Gasteiger charge is 2.41. The normalized spacial score (nSPS) is 21.0. The number of halogens is 3. The van der Waals surface area contributed by atoms with Crippen LogP contribution in [0.4, 0.5) is 13.2 Å². The molecule has 1 heterocycles. The van der Waals surface area contributed by atoms with Crippen LogP contribution in [-0.2, 0) is 10.9 Å². The molecule has 1 atom stereocenters. The first-order chi connectivity index (χ1) is 9.89. The Balaban J connectivity index is 2.25. The predicted octanol–water partition coefficient (Wildman–Crippen LogP) is 4.29. The highest BCUT2D eigenvalue weighted by molar-refractivity contribution is 7.11. The molecule has 0 spiro atoms. The van der Waals surface area contributed by atoms with E-state index < -0.39 is 22.8 Å². The van der Waals surface area contributed by atoms with Gasteiger partial charge in [0.15, 0.2) is 5.01 Å². The maximum Gasteiger partial charge on any atom is 0.443 e. The molecular formula is C14H21F3N2OS. The van der Waals surface area contributed by atoms with Crippen molar-refractivity contribution in [3.05, 3.63) is 16.1 Å². The molecule has 1 saturated carbocycles. The summed E-state index contributed by atoms with van der Waals surface area (Å²) in [6, 6.07) is -0.552. The van der Waals surface area contributed by atoms with E-state index in [9.17, 15) is 13.2 Å². The summed E-state index contributed by atoms with van der Waals surface area (Å²) in [6.07, 6.45) is 2.67. The van der Waals surface area contributed by atoms with E-state index in [1.807, 2.05) is 6.92 Å². The number of ether oxygens (including phenoxy) is 1. The second kappa shape index (κ2) is 6.62. The van der Waals surface area contributed by atoms with Gasteiger partial charge < -0.3 is 10.5 Å². The highest BCUT2D eigenvalue weighted by Crippen LogP contribution is 2.42. The van der Waals surface area contributed by atoms with Crippen LogP contribution in [0.3, 0.4) is 0 Å². The minimum atomic E-state index is -4.41. The minimum Gasteiger partial charge on any atom is -0.373 e. The molecule has 0 radical (unpaired) electrons. The number of alkyl halides is 3. The SMILES string of the molecule is CCOC1(C(N)c2cnc(C(F)(F)F)s2)CCCCCC1. The number of aromatic nitrogens is 1. The molecular weight excluding hydrogens is 301 g/mol. The number of nitrogens with two attached hydrogens (primary N) is 1. The lowest BCUT2D eigenvalue weighted by Crippen LogP contribution is -2.43. The highest BCUT2D eigenvalue weighted by atomic mass is 32.1. The number of hydrogen-bond donors (Lipinski definition) is 1. The summed E-state index contributed by atoms with van der Waals surface area (Å²) in [5.41, 5.74) is 5.74. The third kappa shape index (κ3) is 3.76. The average molecular weight is 322 g/mol. The first-order valence-corrected chi connectivity index (χ1v) is 8.13. The van der Waals surface area contributed by atoms with Crippen LogP contribution in [0.2, 0.25) is 0 Å². The van der Waals surface area contributed by atoms with Gasteiger partial charge >= 0.3 is 6.18 Å². The molecule has 7 heteroatoms. The zero-order chi connectivity index (χ0) is 15.5. The molecule has 0 amide bonds. The smallest absolute Gasteiger partial charge is 0.373 e.